The number of anilines is 1. The van der Waals surface area contributed by atoms with Crippen LogP contribution in [0.15, 0.2) is 24.4 Å². The van der Waals surface area contributed by atoms with Gasteiger partial charge in [0.2, 0.25) is 0 Å². The lowest BCUT2D eigenvalue weighted by Crippen LogP contribution is -2.41. The van der Waals surface area contributed by atoms with Crippen molar-refractivity contribution in [2.45, 2.75) is 45.6 Å². The van der Waals surface area contributed by atoms with Crippen LogP contribution in [0.4, 0.5) is 18.9 Å². The van der Waals surface area contributed by atoms with E-state index in [2.05, 4.69) is 15.3 Å². The Morgan fingerprint density at radius 1 is 1.23 bits per heavy atom. The van der Waals surface area contributed by atoms with E-state index >= 15 is 0 Å². The van der Waals surface area contributed by atoms with Crippen molar-refractivity contribution in [2.24, 2.45) is 0 Å². The van der Waals surface area contributed by atoms with Gasteiger partial charge in [-0.05, 0) is 45.5 Å². The van der Waals surface area contributed by atoms with Gasteiger partial charge in [-0.3, -0.25) is 14.4 Å². The van der Waals surface area contributed by atoms with E-state index in [0.717, 1.165) is 23.9 Å². The van der Waals surface area contributed by atoms with Crippen molar-refractivity contribution in [3.05, 3.63) is 46.8 Å². The first-order valence-electron chi connectivity index (χ1n) is 8.24. The summed E-state index contributed by atoms with van der Waals surface area (Å²) in [5, 5.41) is 7.06. The Morgan fingerprint density at radius 2 is 1.92 bits per heavy atom. The minimum Gasteiger partial charge on any atom is -0.324 e. The summed E-state index contributed by atoms with van der Waals surface area (Å²) >= 11 is 0. The van der Waals surface area contributed by atoms with Gasteiger partial charge in [-0.1, -0.05) is 6.07 Å². The number of aryl methyl sites for hydroxylation is 1. The Kier molecular flexibility index (Phi) is 4.34. The molecule has 0 fully saturated rings. The molecule has 0 unspecified atom stereocenters. The SMILES string of the molecule is Cc1ccc(NC(=O)C(C)(C)n2cc3c(n2)CN(C)C3)cc1C(F)(F)F. The molecule has 26 heavy (non-hydrogen) atoms. The Bertz CT molecular complexity index is 831. The number of nitrogens with one attached hydrogen (secondary N) is 1. The number of rotatable bonds is 3. The minimum atomic E-state index is -4.46. The fourth-order valence-corrected chi connectivity index (χ4v) is 2.99. The van der Waals surface area contributed by atoms with Gasteiger partial charge in [0.05, 0.1) is 11.3 Å². The number of halogens is 3. The molecular weight excluding hydrogens is 345 g/mol. The monoisotopic (exact) mass is 366 g/mol. The lowest BCUT2D eigenvalue weighted by atomic mass is 10.0. The first-order chi connectivity index (χ1) is 12.0. The van der Waals surface area contributed by atoms with Crippen molar-refractivity contribution in [3.8, 4) is 0 Å². The highest BCUT2D eigenvalue weighted by Crippen LogP contribution is 2.34. The third-order valence-corrected chi connectivity index (χ3v) is 4.67. The molecule has 0 saturated heterocycles. The molecule has 1 aliphatic rings. The maximum absolute atomic E-state index is 13.1. The van der Waals surface area contributed by atoms with Crippen molar-refractivity contribution in [3.63, 3.8) is 0 Å². The molecule has 0 bridgehead atoms. The highest BCUT2D eigenvalue weighted by molar-refractivity contribution is 5.96. The number of carbonyl (C=O) groups is 1. The number of alkyl halides is 3. The van der Waals surface area contributed by atoms with E-state index < -0.39 is 23.2 Å². The van der Waals surface area contributed by atoms with Crippen LogP contribution in [0.1, 0.15) is 36.2 Å². The van der Waals surface area contributed by atoms with E-state index in [0.29, 0.717) is 6.54 Å². The molecule has 1 aromatic carbocycles. The molecule has 0 saturated carbocycles. The Balaban J connectivity index is 1.82. The molecule has 2 aromatic rings. The average Bonchev–Trinajstić information content (AvgIpc) is 3.05. The lowest BCUT2D eigenvalue weighted by molar-refractivity contribution is -0.138. The second-order valence-electron chi connectivity index (χ2n) is 7.26. The summed E-state index contributed by atoms with van der Waals surface area (Å²) in [7, 11) is 1.99. The highest BCUT2D eigenvalue weighted by Gasteiger charge is 2.35. The average molecular weight is 366 g/mol. The zero-order valence-electron chi connectivity index (χ0n) is 15.1. The van der Waals surface area contributed by atoms with E-state index in [-0.39, 0.29) is 11.3 Å². The van der Waals surface area contributed by atoms with Gasteiger partial charge in [-0.2, -0.15) is 18.3 Å². The standard InChI is InChI=1S/C18H21F3N4O/c1-11-5-6-13(7-14(11)18(19,20)21)22-16(26)17(2,3)25-9-12-8-24(4)10-15(12)23-25/h5-7,9H,8,10H2,1-4H3,(H,22,26). The largest absolute Gasteiger partial charge is 0.416 e. The van der Waals surface area contributed by atoms with Crippen LogP contribution in [0.5, 0.6) is 0 Å². The molecule has 8 heteroatoms. The molecule has 0 spiro atoms. The van der Waals surface area contributed by atoms with E-state index in [9.17, 15) is 18.0 Å². The predicted octanol–water partition coefficient (Wildman–Crippen LogP) is 3.53. The van der Waals surface area contributed by atoms with Crippen LogP contribution < -0.4 is 5.32 Å². The maximum atomic E-state index is 13.1. The summed E-state index contributed by atoms with van der Waals surface area (Å²) in [6.45, 7) is 6.24. The number of fused-ring (bicyclic) bond motifs is 1. The van der Waals surface area contributed by atoms with E-state index in [1.165, 1.54) is 19.1 Å². The number of carbonyl (C=O) groups excluding carboxylic acids is 1. The van der Waals surface area contributed by atoms with Crippen LogP contribution >= 0.6 is 0 Å². The summed E-state index contributed by atoms with van der Waals surface area (Å²) in [6, 6.07) is 3.78. The number of amides is 1. The van der Waals surface area contributed by atoms with E-state index in [4.69, 9.17) is 0 Å². The Morgan fingerprint density at radius 3 is 2.54 bits per heavy atom. The third kappa shape index (κ3) is 3.33. The van der Waals surface area contributed by atoms with Gasteiger partial charge in [-0.25, -0.2) is 0 Å². The van der Waals surface area contributed by atoms with Crippen molar-refractivity contribution in [2.75, 3.05) is 12.4 Å². The third-order valence-electron chi connectivity index (χ3n) is 4.67. The van der Waals surface area contributed by atoms with Gasteiger partial charge >= 0.3 is 6.18 Å². The number of benzene rings is 1. The predicted molar refractivity (Wildman–Crippen MR) is 91.5 cm³/mol. The zero-order chi connectivity index (χ0) is 19.3. The van der Waals surface area contributed by atoms with Crippen molar-refractivity contribution in [1.82, 2.24) is 14.7 Å². The molecule has 140 valence electrons. The molecule has 3 rings (SSSR count). The molecule has 2 heterocycles. The quantitative estimate of drug-likeness (QED) is 0.904. The van der Waals surface area contributed by atoms with Crippen molar-refractivity contribution < 1.29 is 18.0 Å². The summed E-state index contributed by atoms with van der Waals surface area (Å²) in [4.78, 5) is 14.8. The second-order valence-corrected chi connectivity index (χ2v) is 7.26. The van der Waals surface area contributed by atoms with Crippen LogP contribution in [0, 0.1) is 6.92 Å². The second kappa shape index (κ2) is 6.12. The first-order valence-corrected chi connectivity index (χ1v) is 8.24. The Hall–Kier alpha value is -2.35. The van der Waals surface area contributed by atoms with Gasteiger partial charge in [0, 0.05) is 30.5 Å². The van der Waals surface area contributed by atoms with E-state index in [1.807, 2.05) is 13.2 Å². The van der Waals surface area contributed by atoms with Gasteiger partial charge in [-0.15, -0.1) is 0 Å². The van der Waals surface area contributed by atoms with Crippen molar-refractivity contribution >= 4 is 11.6 Å². The zero-order valence-corrected chi connectivity index (χ0v) is 15.1. The molecule has 1 aromatic heterocycles. The van der Waals surface area contributed by atoms with Crippen LogP contribution in [-0.4, -0.2) is 27.6 Å². The van der Waals surface area contributed by atoms with E-state index in [1.54, 1.807) is 18.5 Å². The molecule has 0 atom stereocenters. The summed E-state index contributed by atoms with van der Waals surface area (Å²) in [5.74, 6) is -0.427. The smallest absolute Gasteiger partial charge is 0.324 e. The summed E-state index contributed by atoms with van der Waals surface area (Å²) in [5.41, 5.74) is 0.412. The van der Waals surface area contributed by atoms with Crippen LogP contribution in [0.3, 0.4) is 0 Å². The first kappa shape index (κ1) is 18.4. The summed E-state index contributed by atoms with van der Waals surface area (Å²) < 4.78 is 40.8. The number of aromatic nitrogens is 2. The molecule has 1 amide bonds. The molecular formula is C18H21F3N4O. The molecule has 1 aliphatic heterocycles. The minimum absolute atomic E-state index is 0.112. The van der Waals surface area contributed by atoms with Gasteiger partial charge < -0.3 is 5.32 Å². The number of hydrogen-bond acceptors (Lipinski definition) is 3. The molecule has 0 aliphatic carbocycles. The van der Waals surface area contributed by atoms with Crippen molar-refractivity contribution in [1.29, 1.82) is 0 Å². The lowest BCUT2D eigenvalue weighted by Gasteiger charge is -2.25. The van der Waals surface area contributed by atoms with Gasteiger partial charge in [0.15, 0.2) is 0 Å². The fourth-order valence-electron chi connectivity index (χ4n) is 2.99. The molecule has 0 radical (unpaired) electrons. The Labute approximate surface area is 149 Å². The number of nitrogens with zero attached hydrogens (tertiary/aromatic N) is 3. The number of hydrogen-bond donors (Lipinski definition) is 1. The van der Waals surface area contributed by atoms with Gasteiger partial charge in [0.25, 0.3) is 5.91 Å². The van der Waals surface area contributed by atoms with Crippen LogP contribution in [0.25, 0.3) is 0 Å². The van der Waals surface area contributed by atoms with Crippen LogP contribution in [-0.2, 0) is 29.6 Å². The maximum Gasteiger partial charge on any atom is 0.416 e. The normalized spacial score (nSPS) is 15.2. The molecule has 1 N–H and O–H groups in total. The fraction of sp³-hybridized carbons (Fsp3) is 0.444. The topological polar surface area (TPSA) is 50.2 Å². The van der Waals surface area contributed by atoms with Crippen LogP contribution in [0.2, 0.25) is 0 Å². The highest BCUT2D eigenvalue weighted by atomic mass is 19.4. The van der Waals surface area contributed by atoms with Gasteiger partial charge in [0.1, 0.15) is 5.54 Å². The molecule has 5 nitrogen and oxygen atoms in total. The summed E-state index contributed by atoms with van der Waals surface area (Å²) in [6.07, 6.45) is -2.64.